The van der Waals surface area contributed by atoms with Crippen molar-refractivity contribution in [2.75, 3.05) is 6.61 Å². The highest BCUT2D eigenvalue weighted by atomic mass is 19.2. The van der Waals surface area contributed by atoms with Crippen LogP contribution < -0.4 is 4.74 Å². The fourth-order valence-electron chi connectivity index (χ4n) is 4.35. The lowest BCUT2D eigenvalue weighted by Crippen LogP contribution is -2.16. The smallest absolute Gasteiger partial charge is 0.200 e. The number of ether oxygens (including phenoxy) is 1. The third-order valence-electron chi connectivity index (χ3n) is 6.11. The summed E-state index contributed by atoms with van der Waals surface area (Å²) in [5.41, 5.74) is 1.23. The Labute approximate surface area is 170 Å². The Morgan fingerprint density at radius 3 is 2.10 bits per heavy atom. The molecule has 0 N–H and O–H groups in total. The molecule has 0 atom stereocenters. The van der Waals surface area contributed by atoms with E-state index < -0.39 is 23.3 Å². The Bertz CT molecular complexity index is 841. The average Bonchev–Trinajstić information content (AvgIpc) is 2.73. The van der Waals surface area contributed by atoms with Crippen molar-refractivity contribution in [1.82, 2.24) is 0 Å². The Morgan fingerprint density at radius 1 is 0.793 bits per heavy atom. The molecule has 0 aromatic heterocycles. The molecule has 0 radical (unpaired) electrons. The van der Waals surface area contributed by atoms with E-state index in [0.717, 1.165) is 32.1 Å². The molecule has 5 heteroatoms. The molecule has 0 unspecified atom stereocenters. The van der Waals surface area contributed by atoms with Gasteiger partial charge in [0.05, 0.1) is 6.61 Å². The van der Waals surface area contributed by atoms with Gasteiger partial charge in [-0.05, 0) is 86.5 Å². The molecular weight excluding hydrogens is 380 g/mol. The van der Waals surface area contributed by atoms with E-state index in [1.165, 1.54) is 6.07 Å². The third kappa shape index (κ3) is 4.76. The Balaban J connectivity index is 1.58. The highest BCUT2D eigenvalue weighted by molar-refractivity contribution is 5.33. The standard InChI is InChI=1S/C24H28F4O/c1-3-16-11-12-18(22(26)21(16)25)10-7-15-5-8-17(9-6-15)19-13-14-20(29-4-2)24(28)23(19)27/h11-15,17H,3-10H2,1-2H3. The lowest BCUT2D eigenvalue weighted by atomic mass is 9.76. The molecular formula is C24H28F4O. The van der Waals surface area contributed by atoms with Gasteiger partial charge in [0.1, 0.15) is 0 Å². The molecule has 0 spiro atoms. The fourth-order valence-corrected chi connectivity index (χ4v) is 4.35. The summed E-state index contributed by atoms with van der Waals surface area (Å²) in [5.74, 6) is -2.88. The van der Waals surface area contributed by atoms with E-state index >= 15 is 0 Å². The zero-order valence-electron chi connectivity index (χ0n) is 17.0. The second-order valence-corrected chi connectivity index (χ2v) is 7.84. The van der Waals surface area contributed by atoms with Crippen molar-refractivity contribution in [2.45, 2.75) is 64.7 Å². The SMILES string of the molecule is CCOc1ccc(C2CCC(CCc3ccc(CC)c(F)c3F)CC2)c(F)c1F. The van der Waals surface area contributed by atoms with Crippen LogP contribution in [-0.4, -0.2) is 6.61 Å². The Hall–Kier alpha value is -2.04. The zero-order valence-corrected chi connectivity index (χ0v) is 17.0. The highest BCUT2D eigenvalue weighted by Crippen LogP contribution is 2.40. The molecule has 0 heterocycles. The molecule has 0 bridgehead atoms. The van der Waals surface area contributed by atoms with Crippen LogP contribution in [0, 0.1) is 29.2 Å². The number of hydrogen-bond donors (Lipinski definition) is 0. The second-order valence-electron chi connectivity index (χ2n) is 7.84. The zero-order chi connectivity index (χ0) is 21.0. The van der Waals surface area contributed by atoms with Crippen molar-refractivity contribution < 1.29 is 22.3 Å². The van der Waals surface area contributed by atoms with Crippen LogP contribution in [0.15, 0.2) is 24.3 Å². The highest BCUT2D eigenvalue weighted by Gasteiger charge is 2.27. The summed E-state index contributed by atoms with van der Waals surface area (Å²) in [6.45, 7) is 3.81. The van der Waals surface area contributed by atoms with E-state index in [1.807, 2.05) is 0 Å². The fraction of sp³-hybridized carbons (Fsp3) is 0.500. The summed E-state index contributed by atoms with van der Waals surface area (Å²) in [5, 5.41) is 0. The first kappa shape index (κ1) is 21.7. The Kier molecular flexibility index (Phi) is 7.20. The van der Waals surface area contributed by atoms with Crippen molar-refractivity contribution in [3.05, 3.63) is 64.2 Å². The minimum Gasteiger partial charge on any atom is -0.491 e. The molecule has 1 aliphatic carbocycles. The van der Waals surface area contributed by atoms with Crippen molar-refractivity contribution in [3.63, 3.8) is 0 Å². The Morgan fingerprint density at radius 2 is 1.45 bits per heavy atom. The molecule has 1 saturated carbocycles. The quantitative estimate of drug-likeness (QED) is 0.444. The van der Waals surface area contributed by atoms with Gasteiger partial charge in [0.2, 0.25) is 5.82 Å². The maximum atomic E-state index is 14.4. The van der Waals surface area contributed by atoms with Crippen LogP contribution in [0.3, 0.4) is 0 Å². The molecule has 0 amide bonds. The van der Waals surface area contributed by atoms with E-state index in [0.29, 0.717) is 35.4 Å². The summed E-state index contributed by atoms with van der Waals surface area (Å²) in [4.78, 5) is 0. The van der Waals surface area contributed by atoms with Crippen LogP contribution >= 0.6 is 0 Å². The van der Waals surface area contributed by atoms with Crippen LogP contribution in [0.25, 0.3) is 0 Å². The lowest BCUT2D eigenvalue weighted by molar-refractivity contribution is 0.296. The van der Waals surface area contributed by atoms with Gasteiger partial charge >= 0.3 is 0 Å². The molecule has 3 rings (SSSR count). The van der Waals surface area contributed by atoms with Gasteiger partial charge in [-0.3, -0.25) is 0 Å². The predicted octanol–water partition coefficient (Wildman–Crippen LogP) is 7.11. The number of halogens is 4. The van der Waals surface area contributed by atoms with E-state index in [4.69, 9.17) is 4.74 Å². The lowest BCUT2D eigenvalue weighted by Gasteiger charge is -2.29. The van der Waals surface area contributed by atoms with E-state index in [2.05, 4.69) is 0 Å². The van der Waals surface area contributed by atoms with Gasteiger partial charge in [0.15, 0.2) is 23.2 Å². The van der Waals surface area contributed by atoms with Crippen LogP contribution in [-0.2, 0) is 12.8 Å². The van der Waals surface area contributed by atoms with Crippen LogP contribution in [0.4, 0.5) is 17.6 Å². The van der Waals surface area contributed by atoms with Gasteiger partial charge in [-0.2, -0.15) is 4.39 Å². The maximum absolute atomic E-state index is 14.4. The molecule has 1 aliphatic rings. The van der Waals surface area contributed by atoms with Crippen LogP contribution in [0.2, 0.25) is 0 Å². The molecule has 158 valence electrons. The van der Waals surface area contributed by atoms with Crippen molar-refractivity contribution >= 4 is 0 Å². The van der Waals surface area contributed by atoms with Crippen molar-refractivity contribution in [2.24, 2.45) is 5.92 Å². The summed E-state index contributed by atoms with van der Waals surface area (Å²) in [6.07, 6.45) is 5.01. The number of benzene rings is 2. The molecule has 1 fully saturated rings. The monoisotopic (exact) mass is 408 g/mol. The first-order valence-electron chi connectivity index (χ1n) is 10.5. The minimum absolute atomic E-state index is 0.0190. The first-order valence-corrected chi connectivity index (χ1v) is 10.5. The summed E-state index contributed by atoms with van der Waals surface area (Å²) in [7, 11) is 0. The third-order valence-corrected chi connectivity index (χ3v) is 6.11. The summed E-state index contributed by atoms with van der Waals surface area (Å²) < 4.78 is 61.9. The van der Waals surface area contributed by atoms with Gasteiger partial charge < -0.3 is 4.74 Å². The van der Waals surface area contributed by atoms with Gasteiger partial charge in [-0.15, -0.1) is 0 Å². The molecule has 0 saturated heterocycles. The van der Waals surface area contributed by atoms with Gasteiger partial charge in [0, 0.05) is 0 Å². The van der Waals surface area contributed by atoms with Gasteiger partial charge in [-0.1, -0.05) is 25.1 Å². The number of hydrogen-bond acceptors (Lipinski definition) is 1. The molecule has 2 aromatic carbocycles. The van der Waals surface area contributed by atoms with Gasteiger partial charge in [-0.25, -0.2) is 13.2 Å². The number of rotatable bonds is 7. The van der Waals surface area contributed by atoms with Gasteiger partial charge in [0.25, 0.3) is 0 Å². The maximum Gasteiger partial charge on any atom is 0.200 e. The largest absolute Gasteiger partial charge is 0.491 e. The van der Waals surface area contributed by atoms with Crippen molar-refractivity contribution in [3.8, 4) is 5.75 Å². The average molecular weight is 408 g/mol. The second kappa shape index (κ2) is 9.64. The number of aryl methyl sites for hydroxylation is 2. The van der Waals surface area contributed by atoms with Crippen LogP contribution in [0.5, 0.6) is 5.75 Å². The summed E-state index contributed by atoms with van der Waals surface area (Å²) in [6, 6.07) is 6.47. The molecule has 2 aromatic rings. The van der Waals surface area contributed by atoms with Crippen molar-refractivity contribution in [1.29, 1.82) is 0 Å². The van der Waals surface area contributed by atoms with Crippen LogP contribution in [0.1, 0.15) is 68.6 Å². The predicted molar refractivity (Wildman–Crippen MR) is 106 cm³/mol. The van der Waals surface area contributed by atoms with E-state index in [-0.39, 0.29) is 18.3 Å². The van der Waals surface area contributed by atoms with E-state index in [9.17, 15) is 17.6 Å². The molecule has 0 aliphatic heterocycles. The molecule has 29 heavy (non-hydrogen) atoms. The van der Waals surface area contributed by atoms with E-state index in [1.54, 1.807) is 32.0 Å². The normalized spacial score (nSPS) is 19.4. The first-order chi connectivity index (χ1) is 14.0. The minimum atomic E-state index is -0.917. The molecule has 1 nitrogen and oxygen atoms in total. The topological polar surface area (TPSA) is 9.23 Å². The summed E-state index contributed by atoms with van der Waals surface area (Å²) >= 11 is 0.